The third kappa shape index (κ3) is 3.18. The number of hydrogen-bond donors (Lipinski definition) is 0. The summed E-state index contributed by atoms with van der Waals surface area (Å²) in [4.78, 5) is 11.8. The monoisotopic (exact) mass is 350 g/mol. The van der Waals surface area contributed by atoms with Crippen molar-refractivity contribution >= 4 is 5.97 Å². The fraction of sp³-hybridized carbons (Fsp3) is 0.750. The number of fused-ring (bicyclic) bond motifs is 1. The van der Waals surface area contributed by atoms with Crippen LogP contribution in [0.1, 0.15) is 54.4 Å². The molecule has 3 rings (SSSR count). The Kier molecular flexibility index (Phi) is 4.42. The summed E-state index contributed by atoms with van der Waals surface area (Å²) < 4.78 is 23.3. The van der Waals surface area contributed by atoms with Gasteiger partial charge in [0, 0.05) is 24.3 Å². The van der Waals surface area contributed by atoms with Crippen molar-refractivity contribution in [1.29, 1.82) is 0 Å². The molecule has 2 heterocycles. The highest BCUT2D eigenvalue weighted by Crippen LogP contribution is 2.69. The van der Waals surface area contributed by atoms with E-state index < -0.39 is 5.79 Å². The highest BCUT2D eigenvalue weighted by Gasteiger charge is 2.78. The summed E-state index contributed by atoms with van der Waals surface area (Å²) in [5, 5.41) is 0. The van der Waals surface area contributed by atoms with Crippen molar-refractivity contribution in [1.82, 2.24) is 0 Å². The number of carbonyl (C=O) groups is 1. The van der Waals surface area contributed by atoms with Gasteiger partial charge in [-0.15, -0.1) is 0 Å². The van der Waals surface area contributed by atoms with E-state index in [-0.39, 0.29) is 28.7 Å². The lowest BCUT2D eigenvalue weighted by Gasteiger charge is -2.45. The zero-order valence-corrected chi connectivity index (χ0v) is 16.2. The van der Waals surface area contributed by atoms with E-state index in [1.807, 2.05) is 26.8 Å². The van der Waals surface area contributed by atoms with Crippen molar-refractivity contribution in [3.05, 3.63) is 23.8 Å². The number of epoxide rings is 1. The van der Waals surface area contributed by atoms with Gasteiger partial charge >= 0.3 is 5.97 Å². The van der Waals surface area contributed by atoms with Gasteiger partial charge in [0.05, 0.1) is 19.3 Å². The number of ether oxygens (including phenoxy) is 4. The van der Waals surface area contributed by atoms with E-state index in [4.69, 9.17) is 18.9 Å². The van der Waals surface area contributed by atoms with Crippen LogP contribution < -0.4 is 0 Å². The molecule has 0 aromatic rings. The van der Waals surface area contributed by atoms with Gasteiger partial charge in [0.15, 0.2) is 5.79 Å². The molecule has 5 heteroatoms. The van der Waals surface area contributed by atoms with E-state index in [2.05, 4.69) is 26.8 Å². The Morgan fingerprint density at radius 3 is 2.32 bits per heavy atom. The predicted molar refractivity (Wildman–Crippen MR) is 94.0 cm³/mol. The lowest BCUT2D eigenvalue weighted by molar-refractivity contribution is -0.201. The molecule has 0 aromatic heterocycles. The second-order valence-corrected chi connectivity index (χ2v) is 8.62. The van der Waals surface area contributed by atoms with Crippen LogP contribution in [-0.4, -0.2) is 42.3 Å². The molecular weight excluding hydrogens is 320 g/mol. The van der Waals surface area contributed by atoms with Gasteiger partial charge in [0.25, 0.3) is 0 Å². The van der Waals surface area contributed by atoms with E-state index in [1.165, 1.54) is 6.08 Å². The largest absolute Gasteiger partial charge is 0.460 e. The fourth-order valence-electron chi connectivity index (χ4n) is 4.62. The third-order valence-corrected chi connectivity index (χ3v) is 5.55. The van der Waals surface area contributed by atoms with Crippen molar-refractivity contribution < 1.29 is 23.7 Å². The molecule has 3 aliphatic rings. The number of carbonyl (C=O) groups excluding carboxylic acids is 1. The SMILES string of the molecule is CC(C=CC12OC1(C)CC1(CC2(C)C)OCCO1)=CC(=O)OC(C)C. The van der Waals surface area contributed by atoms with Crippen molar-refractivity contribution in [2.45, 2.75) is 77.5 Å². The van der Waals surface area contributed by atoms with Crippen molar-refractivity contribution in [3.8, 4) is 0 Å². The molecule has 1 saturated carbocycles. The van der Waals surface area contributed by atoms with Gasteiger partial charge in [0.2, 0.25) is 0 Å². The maximum absolute atomic E-state index is 11.8. The Hall–Kier alpha value is -1.17. The molecule has 0 N–H and O–H groups in total. The summed E-state index contributed by atoms with van der Waals surface area (Å²) in [5.74, 6) is -0.832. The van der Waals surface area contributed by atoms with Crippen LogP contribution in [0.15, 0.2) is 23.8 Å². The van der Waals surface area contributed by atoms with Crippen LogP contribution in [0.3, 0.4) is 0 Å². The second kappa shape index (κ2) is 5.93. The first-order valence-corrected chi connectivity index (χ1v) is 9.09. The Labute approximate surface area is 150 Å². The summed E-state index contributed by atoms with van der Waals surface area (Å²) >= 11 is 0. The number of esters is 1. The Bertz CT molecular complexity index is 612. The average molecular weight is 350 g/mol. The molecule has 2 unspecified atom stereocenters. The first kappa shape index (κ1) is 18.6. The van der Waals surface area contributed by atoms with Gasteiger partial charge in [-0.1, -0.05) is 19.9 Å². The van der Waals surface area contributed by atoms with Gasteiger partial charge in [-0.2, -0.15) is 0 Å². The summed E-state index contributed by atoms with van der Waals surface area (Å²) in [6.45, 7) is 13.4. The quantitative estimate of drug-likeness (QED) is 0.336. The van der Waals surface area contributed by atoms with E-state index >= 15 is 0 Å². The Balaban J connectivity index is 1.77. The molecule has 2 aliphatic heterocycles. The fourth-order valence-corrected chi connectivity index (χ4v) is 4.62. The number of hydrogen-bond acceptors (Lipinski definition) is 5. The average Bonchev–Trinajstić information content (AvgIpc) is 2.82. The summed E-state index contributed by atoms with van der Waals surface area (Å²) in [6, 6.07) is 0. The molecule has 0 bridgehead atoms. The van der Waals surface area contributed by atoms with Crippen molar-refractivity contribution in [3.63, 3.8) is 0 Å². The molecule has 0 radical (unpaired) electrons. The minimum Gasteiger partial charge on any atom is -0.460 e. The van der Waals surface area contributed by atoms with Gasteiger partial charge in [-0.25, -0.2) is 4.79 Å². The summed E-state index contributed by atoms with van der Waals surface area (Å²) in [5.41, 5.74) is 0.0354. The van der Waals surface area contributed by atoms with Gasteiger partial charge in [-0.05, 0) is 39.3 Å². The molecule has 2 saturated heterocycles. The smallest absolute Gasteiger partial charge is 0.331 e. The van der Waals surface area contributed by atoms with Crippen LogP contribution in [-0.2, 0) is 23.7 Å². The van der Waals surface area contributed by atoms with Crippen molar-refractivity contribution in [2.75, 3.05) is 13.2 Å². The zero-order chi connectivity index (χ0) is 18.5. The highest BCUT2D eigenvalue weighted by molar-refractivity contribution is 5.83. The van der Waals surface area contributed by atoms with Crippen LogP contribution in [0.2, 0.25) is 0 Å². The standard InChI is InChI=1S/C20H30O5/c1-14(2)24-16(21)11-15(3)7-8-20-17(4,5)12-19(22-9-10-23-19)13-18(20,6)25-20/h7-8,11,14H,9-10,12-13H2,1-6H3. The molecule has 0 amide bonds. The highest BCUT2D eigenvalue weighted by atomic mass is 16.7. The zero-order valence-electron chi connectivity index (χ0n) is 16.2. The van der Waals surface area contributed by atoms with E-state index in [1.54, 1.807) is 0 Å². The van der Waals surface area contributed by atoms with Gasteiger partial charge < -0.3 is 18.9 Å². The third-order valence-electron chi connectivity index (χ3n) is 5.55. The maximum atomic E-state index is 11.8. The van der Waals surface area contributed by atoms with E-state index in [0.717, 1.165) is 18.4 Å². The van der Waals surface area contributed by atoms with Crippen LogP contribution >= 0.6 is 0 Å². The lowest BCUT2D eigenvalue weighted by atomic mass is 9.61. The van der Waals surface area contributed by atoms with Crippen LogP contribution in [0.4, 0.5) is 0 Å². The van der Waals surface area contributed by atoms with E-state index in [0.29, 0.717) is 13.2 Å². The van der Waals surface area contributed by atoms with Crippen LogP contribution in [0, 0.1) is 5.41 Å². The number of rotatable bonds is 4. The predicted octanol–water partition coefficient (Wildman–Crippen LogP) is 3.53. The molecule has 5 nitrogen and oxygen atoms in total. The Morgan fingerprint density at radius 1 is 1.12 bits per heavy atom. The Morgan fingerprint density at radius 2 is 1.76 bits per heavy atom. The molecule has 2 atom stereocenters. The minimum atomic E-state index is -0.516. The molecule has 1 spiro atoms. The molecule has 1 aliphatic carbocycles. The molecule has 3 fully saturated rings. The molecule has 0 aromatic carbocycles. The summed E-state index contributed by atoms with van der Waals surface area (Å²) in [6.07, 6.45) is 6.98. The maximum Gasteiger partial charge on any atom is 0.331 e. The lowest BCUT2D eigenvalue weighted by Crippen LogP contribution is -2.52. The van der Waals surface area contributed by atoms with Crippen molar-refractivity contribution in [2.24, 2.45) is 5.41 Å². The summed E-state index contributed by atoms with van der Waals surface area (Å²) in [7, 11) is 0. The molecule has 25 heavy (non-hydrogen) atoms. The van der Waals surface area contributed by atoms with Gasteiger partial charge in [0.1, 0.15) is 11.2 Å². The first-order chi connectivity index (χ1) is 11.5. The normalized spacial score (nSPS) is 36.0. The van der Waals surface area contributed by atoms with E-state index in [9.17, 15) is 4.79 Å². The molecular formula is C20H30O5. The van der Waals surface area contributed by atoms with Crippen LogP contribution in [0.25, 0.3) is 0 Å². The van der Waals surface area contributed by atoms with Gasteiger partial charge in [-0.3, -0.25) is 0 Å². The van der Waals surface area contributed by atoms with Crippen LogP contribution in [0.5, 0.6) is 0 Å². The second-order valence-electron chi connectivity index (χ2n) is 8.62. The topological polar surface area (TPSA) is 57.3 Å². The minimum absolute atomic E-state index is 0.117. The number of allylic oxidation sites excluding steroid dienone is 2. The first-order valence-electron chi connectivity index (χ1n) is 9.09. The molecule has 140 valence electrons.